The molecule has 0 radical (unpaired) electrons. The lowest BCUT2D eigenvalue weighted by atomic mass is 10.2. The third-order valence-electron chi connectivity index (χ3n) is 3.59. The number of likely N-dealkylation sites (tertiary alicyclic amines) is 1. The predicted molar refractivity (Wildman–Crippen MR) is 62.1 cm³/mol. The first kappa shape index (κ1) is 13.3. The highest BCUT2D eigenvalue weighted by Crippen LogP contribution is 2.37. The van der Waals surface area contributed by atoms with Crippen molar-refractivity contribution in [3.63, 3.8) is 0 Å². The molecule has 18 heavy (non-hydrogen) atoms. The van der Waals surface area contributed by atoms with Crippen LogP contribution in [0.3, 0.4) is 0 Å². The van der Waals surface area contributed by atoms with Crippen molar-refractivity contribution in [3.8, 4) is 0 Å². The third-order valence-corrected chi connectivity index (χ3v) is 3.59. The van der Waals surface area contributed by atoms with Gasteiger partial charge < -0.3 is 19.5 Å². The van der Waals surface area contributed by atoms with Crippen LogP contribution in [0.25, 0.3) is 0 Å². The lowest BCUT2D eigenvalue weighted by Crippen LogP contribution is -2.42. The number of carbonyl (C=O) groups is 2. The Morgan fingerprint density at radius 3 is 2.67 bits per heavy atom. The number of methoxy groups -OCH3 is 1. The van der Waals surface area contributed by atoms with E-state index in [0.717, 1.165) is 0 Å². The minimum Gasteiger partial charge on any atom is -0.480 e. The molecule has 102 valence electrons. The van der Waals surface area contributed by atoms with Gasteiger partial charge in [-0.3, -0.25) is 4.79 Å². The summed E-state index contributed by atoms with van der Waals surface area (Å²) in [6.45, 7) is 2.83. The van der Waals surface area contributed by atoms with Gasteiger partial charge in [0.05, 0.1) is 18.1 Å². The van der Waals surface area contributed by atoms with Gasteiger partial charge >= 0.3 is 5.97 Å². The Morgan fingerprint density at radius 2 is 2.11 bits per heavy atom. The zero-order valence-electron chi connectivity index (χ0n) is 10.7. The molecule has 1 saturated heterocycles. The monoisotopic (exact) mass is 257 g/mol. The molecule has 1 aliphatic heterocycles. The lowest BCUT2D eigenvalue weighted by Gasteiger charge is -2.21. The Morgan fingerprint density at radius 1 is 1.39 bits per heavy atom. The highest BCUT2D eigenvalue weighted by atomic mass is 16.5. The second-order valence-electron chi connectivity index (χ2n) is 4.77. The highest BCUT2D eigenvalue weighted by molar-refractivity contribution is 5.87. The fraction of sp³-hybridized carbons (Fsp3) is 0.833. The van der Waals surface area contributed by atoms with Gasteiger partial charge in [0, 0.05) is 26.7 Å². The van der Waals surface area contributed by atoms with E-state index < -0.39 is 12.0 Å². The average Bonchev–Trinajstić information content (AvgIpc) is 2.96. The van der Waals surface area contributed by atoms with Crippen LogP contribution >= 0.6 is 0 Å². The summed E-state index contributed by atoms with van der Waals surface area (Å²) < 4.78 is 10.5. The Kier molecular flexibility index (Phi) is 3.87. The molecule has 0 spiro atoms. The first-order valence-electron chi connectivity index (χ1n) is 6.26. The molecule has 6 heteroatoms. The molecule has 6 nitrogen and oxygen atoms in total. The molecule has 2 rings (SSSR count). The van der Waals surface area contributed by atoms with Crippen LogP contribution in [0.1, 0.15) is 19.8 Å². The SMILES string of the molecule is CCOC1CC1C(=O)N1CC(OC)CC1C(=O)O. The molecule has 1 aliphatic carbocycles. The molecule has 2 fully saturated rings. The minimum atomic E-state index is -0.962. The number of carbonyl (C=O) groups excluding carboxylic acids is 1. The maximum atomic E-state index is 12.2. The topological polar surface area (TPSA) is 76.1 Å². The average molecular weight is 257 g/mol. The summed E-state index contributed by atoms with van der Waals surface area (Å²) in [6, 6.07) is -0.759. The summed E-state index contributed by atoms with van der Waals surface area (Å²) >= 11 is 0. The summed E-state index contributed by atoms with van der Waals surface area (Å²) in [5.74, 6) is -1.24. The first-order chi connectivity index (χ1) is 8.58. The van der Waals surface area contributed by atoms with Crippen LogP contribution in [0.15, 0.2) is 0 Å². The van der Waals surface area contributed by atoms with E-state index in [0.29, 0.717) is 26.0 Å². The van der Waals surface area contributed by atoms with Gasteiger partial charge in [0.25, 0.3) is 0 Å². The third kappa shape index (κ3) is 2.49. The van der Waals surface area contributed by atoms with E-state index >= 15 is 0 Å². The standard InChI is InChI=1S/C12H19NO5/c1-3-18-10-5-8(10)11(14)13-6-7(17-2)4-9(13)12(15)16/h7-10H,3-6H2,1-2H3,(H,15,16). The zero-order chi connectivity index (χ0) is 13.3. The van der Waals surface area contributed by atoms with Crippen LogP contribution < -0.4 is 0 Å². The molecule has 2 aliphatic rings. The molecule has 1 saturated carbocycles. The maximum Gasteiger partial charge on any atom is 0.326 e. The van der Waals surface area contributed by atoms with Crippen molar-refractivity contribution in [3.05, 3.63) is 0 Å². The summed E-state index contributed by atoms with van der Waals surface area (Å²) in [6.07, 6.45) is 0.856. The van der Waals surface area contributed by atoms with Crippen LogP contribution in [0.2, 0.25) is 0 Å². The summed E-state index contributed by atoms with van der Waals surface area (Å²) in [5.41, 5.74) is 0. The van der Waals surface area contributed by atoms with Gasteiger partial charge in [-0.15, -0.1) is 0 Å². The molecule has 0 aromatic carbocycles. The van der Waals surface area contributed by atoms with E-state index in [2.05, 4.69) is 0 Å². The quantitative estimate of drug-likeness (QED) is 0.756. The smallest absolute Gasteiger partial charge is 0.326 e. The molecule has 1 N–H and O–H groups in total. The number of hydrogen-bond donors (Lipinski definition) is 1. The van der Waals surface area contributed by atoms with Crippen LogP contribution in [-0.4, -0.2) is 60.4 Å². The predicted octanol–water partition coefficient (Wildman–Crippen LogP) is 0.112. The van der Waals surface area contributed by atoms with Gasteiger partial charge in [-0.1, -0.05) is 0 Å². The number of amides is 1. The lowest BCUT2D eigenvalue weighted by molar-refractivity contribution is -0.149. The Balaban J connectivity index is 1.98. The molecule has 4 unspecified atom stereocenters. The number of carboxylic acid groups (broad SMARTS) is 1. The van der Waals surface area contributed by atoms with Crippen molar-refractivity contribution >= 4 is 11.9 Å². The van der Waals surface area contributed by atoms with Crippen molar-refractivity contribution in [2.75, 3.05) is 20.3 Å². The van der Waals surface area contributed by atoms with E-state index in [9.17, 15) is 9.59 Å². The van der Waals surface area contributed by atoms with Gasteiger partial charge in [-0.2, -0.15) is 0 Å². The van der Waals surface area contributed by atoms with Gasteiger partial charge in [-0.25, -0.2) is 4.79 Å². The summed E-state index contributed by atoms with van der Waals surface area (Å²) in [5, 5.41) is 9.14. The van der Waals surface area contributed by atoms with E-state index in [1.54, 1.807) is 0 Å². The van der Waals surface area contributed by atoms with E-state index in [-0.39, 0.29) is 24.0 Å². The molecule has 0 aromatic heterocycles. The van der Waals surface area contributed by atoms with Crippen LogP contribution in [-0.2, 0) is 19.1 Å². The number of aliphatic carboxylic acids is 1. The minimum absolute atomic E-state index is 0.0291. The van der Waals surface area contributed by atoms with Gasteiger partial charge in [0.2, 0.25) is 5.91 Å². The van der Waals surface area contributed by atoms with Crippen molar-refractivity contribution in [1.82, 2.24) is 4.90 Å². The van der Waals surface area contributed by atoms with Crippen molar-refractivity contribution in [1.29, 1.82) is 0 Å². The molecule has 4 atom stereocenters. The second kappa shape index (κ2) is 5.24. The van der Waals surface area contributed by atoms with Crippen molar-refractivity contribution < 1.29 is 24.2 Å². The molecular weight excluding hydrogens is 238 g/mol. The van der Waals surface area contributed by atoms with Crippen LogP contribution in [0.5, 0.6) is 0 Å². The molecule has 1 amide bonds. The number of hydrogen-bond acceptors (Lipinski definition) is 4. The molecule has 0 aromatic rings. The fourth-order valence-electron chi connectivity index (χ4n) is 2.49. The fourth-order valence-corrected chi connectivity index (χ4v) is 2.49. The largest absolute Gasteiger partial charge is 0.480 e. The molecule has 0 bridgehead atoms. The van der Waals surface area contributed by atoms with Crippen LogP contribution in [0, 0.1) is 5.92 Å². The van der Waals surface area contributed by atoms with Gasteiger partial charge in [0.1, 0.15) is 6.04 Å². The van der Waals surface area contributed by atoms with E-state index in [4.69, 9.17) is 14.6 Å². The number of nitrogens with zero attached hydrogens (tertiary/aromatic N) is 1. The van der Waals surface area contributed by atoms with E-state index in [1.165, 1.54) is 12.0 Å². The van der Waals surface area contributed by atoms with Crippen molar-refractivity contribution in [2.45, 2.75) is 38.0 Å². The van der Waals surface area contributed by atoms with Crippen molar-refractivity contribution in [2.24, 2.45) is 5.92 Å². The maximum absolute atomic E-state index is 12.2. The van der Waals surface area contributed by atoms with Gasteiger partial charge in [-0.05, 0) is 13.3 Å². The summed E-state index contributed by atoms with van der Waals surface area (Å²) in [7, 11) is 1.54. The van der Waals surface area contributed by atoms with Gasteiger partial charge in [0.15, 0.2) is 0 Å². The Labute approximate surface area is 106 Å². The van der Waals surface area contributed by atoms with Crippen LogP contribution in [0.4, 0.5) is 0 Å². The Bertz CT molecular complexity index is 345. The number of rotatable bonds is 5. The summed E-state index contributed by atoms with van der Waals surface area (Å²) in [4.78, 5) is 24.8. The Hall–Kier alpha value is -1.14. The van der Waals surface area contributed by atoms with E-state index in [1.807, 2.05) is 6.92 Å². The number of carboxylic acids is 1. The second-order valence-corrected chi connectivity index (χ2v) is 4.77. The normalized spacial score (nSPS) is 34.7. The highest BCUT2D eigenvalue weighted by Gasteiger charge is 2.50. The molecule has 1 heterocycles. The zero-order valence-corrected chi connectivity index (χ0v) is 10.7. The first-order valence-corrected chi connectivity index (χ1v) is 6.26. The molecular formula is C12H19NO5. The number of ether oxygens (including phenoxy) is 2.